The second kappa shape index (κ2) is 8.30. The van der Waals surface area contributed by atoms with Crippen LogP contribution in [0.1, 0.15) is 10.5 Å². The number of hydrogen-bond donors (Lipinski definition) is 1. The zero-order valence-electron chi connectivity index (χ0n) is 15.7. The van der Waals surface area contributed by atoms with Gasteiger partial charge in [-0.15, -0.1) is 5.10 Å². The normalized spacial score (nSPS) is 10.6. The lowest BCUT2D eigenvalue weighted by molar-refractivity contribution is 0.102. The summed E-state index contributed by atoms with van der Waals surface area (Å²) in [5.74, 6) is -0.815. The molecular formula is C21H15ClFN5O2. The molecule has 0 bridgehead atoms. The Hall–Kier alpha value is -3.78. The number of pyridine rings is 1. The van der Waals surface area contributed by atoms with Crippen molar-refractivity contribution in [2.75, 3.05) is 12.4 Å². The molecule has 0 spiro atoms. The van der Waals surface area contributed by atoms with Crippen LogP contribution in [0, 0.1) is 5.82 Å². The monoisotopic (exact) mass is 423 g/mol. The van der Waals surface area contributed by atoms with Gasteiger partial charge in [0.1, 0.15) is 17.1 Å². The van der Waals surface area contributed by atoms with E-state index in [2.05, 4.69) is 20.6 Å². The van der Waals surface area contributed by atoms with Crippen molar-refractivity contribution in [3.05, 3.63) is 83.5 Å². The van der Waals surface area contributed by atoms with Crippen LogP contribution in [0.3, 0.4) is 0 Å². The number of rotatable bonds is 5. The predicted octanol–water partition coefficient (Wildman–Crippen LogP) is 4.38. The molecule has 2 heterocycles. The van der Waals surface area contributed by atoms with Gasteiger partial charge in [-0.1, -0.05) is 35.0 Å². The minimum Gasteiger partial charge on any atom is -0.494 e. The highest BCUT2D eigenvalue weighted by atomic mass is 35.5. The molecule has 7 nitrogen and oxygen atoms in total. The SMILES string of the molecule is COc1ccccc1-n1nnc(C(=O)Nc2cccc(Cl)c2F)c1-c1ccncc1. The summed E-state index contributed by atoms with van der Waals surface area (Å²) in [6, 6.07) is 15.0. The van der Waals surface area contributed by atoms with Gasteiger partial charge in [0.2, 0.25) is 0 Å². The van der Waals surface area contributed by atoms with E-state index in [1.165, 1.54) is 30.0 Å². The number of halogens is 2. The fourth-order valence-electron chi connectivity index (χ4n) is 2.96. The fourth-order valence-corrected chi connectivity index (χ4v) is 3.13. The van der Waals surface area contributed by atoms with Crippen molar-refractivity contribution < 1.29 is 13.9 Å². The number of nitrogens with zero attached hydrogens (tertiary/aromatic N) is 4. The van der Waals surface area contributed by atoms with Gasteiger partial charge in [-0.3, -0.25) is 9.78 Å². The van der Waals surface area contributed by atoms with Crippen LogP contribution in [0.25, 0.3) is 16.9 Å². The summed E-state index contributed by atoms with van der Waals surface area (Å²) in [6.45, 7) is 0. The molecule has 0 fully saturated rings. The minimum atomic E-state index is -0.727. The minimum absolute atomic E-state index is 0.00600. The molecule has 0 aliphatic carbocycles. The van der Waals surface area contributed by atoms with Crippen LogP contribution in [0.4, 0.5) is 10.1 Å². The van der Waals surface area contributed by atoms with Crippen molar-refractivity contribution in [3.8, 4) is 22.7 Å². The third-order valence-corrected chi connectivity index (χ3v) is 4.64. The first-order chi connectivity index (χ1) is 14.6. The molecule has 0 atom stereocenters. The Morgan fingerprint density at radius 2 is 1.87 bits per heavy atom. The number of carbonyl (C=O) groups is 1. The molecular weight excluding hydrogens is 409 g/mol. The lowest BCUT2D eigenvalue weighted by Gasteiger charge is -2.12. The largest absolute Gasteiger partial charge is 0.494 e. The third kappa shape index (κ3) is 3.60. The van der Waals surface area contributed by atoms with Crippen molar-refractivity contribution in [1.82, 2.24) is 20.0 Å². The lowest BCUT2D eigenvalue weighted by atomic mass is 10.1. The molecule has 0 saturated heterocycles. The molecule has 9 heteroatoms. The average molecular weight is 424 g/mol. The van der Waals surface area contributed by atoms with Crippen molar-refractivity contribution in [2.24, 2.45) is 0 Å². The average Bonchev–Trinajstić information content (AvgIpc) is 3.22. The Kier molecular flexibility index (Phi) is 5.40. The van der Waals surface area contributed by atoms with Crippen molar-refractivity contribution in [2.45, 2.75) is 0 Å². The highest BCUT2D eigenvalue weighted by Gasteiger charge is 2.24. The second-order valence-electron chi connectivity index (χ2n) is 6.16. The summed E-state index contributed by atoms with van der Waals surface area (Å²) in [5, 5.41) is 10.6. The number of hydrogen-bond acceptors (Lipinski definition) is 5. The van der Waals surface area contributed by atoms with E-state index in [4.69, 9.17) is 16.3 Å². The van der Waals surface area contributed by atoms with Gasteiger partial charge >= 0.3 is 0 Å². The van der Waals surface area contributed by atoms with Crippen molar-refractivity contribution >= 4 is 23.2 Å². The first kappa shape index (κ1) is 19.5. The summed E-state index contributed by atoms with van der Waals surface area (Å²) in [4.78, 5) is 17.0. The number of para-hydroxylation sites is 2. The Balaban J connectivity index is 1.84. The second-order valence-corrected chi connectivity index (χ2v) is 6.57. The number of carbonyl (C=O) groups excluding carboxylic acids is 1. The molecule has 1 amide bonds. The van der Waals surface area contributed by atoms with Crippen LogP contribution in [0.15, 0.2) is 67.0 Å². The Morgan fingerprint density at radius 1 is 1.10 bits per heavy atom. The quantitative estimate of drug-likeness (QED) is 0.515. The Bertz CT molecular complexity index is 1210. The third-order valence-electron chi connectivity index (χ3n) is 4.35. The van der Waals surface area contributed by atoms with Gasteiger partial charge in [-0.2, -0.15) is 0 Å². The van der Waals surface area contributed by atoms with E-state index in [1.54, 1.807) is 36.7 Å². The molecule has 0 saturated carbocycles. The van der Waals surface area contributed by atoms with Gasteiger partial charge in [0, 0.05) is 18.0 Å². The van der Waals surface area contributed by atoms with E-state index >= 15 is 0 Å². The number of methoxy groups -OCH3 is 1. The van der Waals surface area contributed by atoms with Crippen LogP contribution < -0.4 is 10.1 Å². The summed E-state index contributed by atoms with van der Waals surface area (Å²) < 4.78 is 21.2. The van der Waals surface area contributed by atoms with E-state index in [1.807, 2.05) is 12.1 Å². The van der Waals surface area contributed by atoms with Gasteiger partial charge in [0.15, 0.2) is 11.5 Å². The number of amides is 1. The Morgan fingerprint density at radius 3 is 2.63 bits per heavy atom. The molecule has 0 aliphatic heterocycles. The van der Waals surface area contributed by atoms with Crippen LogP contribution in [0.5, 0.6) is 5.75 Å². The summed E-state index contributed by atoms with van der Waals surface area (Å²) in [5.41, 5.74) is 1.60. The zero-order valence-corrected chi connectivity index (χ0v) is 16.5. The van der Waals surface area contributed by atoms with E-state index in [-0.39, 0.29) is 16.4 Å². The van der Waals surface area contributed by atoms with Crippen LogP contribution >= 0.6 is 11.6 Å². The highest BCUT2D eigenvalue weighted by Crippen LogP contribution is 2.30. The molecule has 0 radical (unpaired) electrons. The topological polar surface area (TPSA) is 81.9 Å². The summed E-state index contributed by atoms with van der Waals surface area (Å²) in [6.07, 6.45) is 3.18. The lowest BCUT2D eigenvalue weighted by Crippen LogP contribution is -2.15. The van der Waals surface area contributed by atoms with Gasteiger partial charge in [0.25, 0.3) is 5.91 Å². The molecule has 2 aromatic heterocycles. The zero-order chi connectivity index (χ0) is 21.1. The molecule has 0 unspecified atom stereocenters. The predicted molar refractivity (Wildman–Crippen MR) is 111 cm³/mol. The summed E-state index contributed by atoms with van der Waals surface area (Å²) in [7, 11) is 1.54. The Labute approximate surface area is 176 Å². The molecule has 4 rings (SSSR count). The number of nitrogens with one attached hydrogen (secondary N) is 1. The first-order valence-corrected chi connectivity index (χ1v) is 9.23. The number of aromatic nitrogens is 4. The molecule has 1 N–H and O–H groups in total. The maximum Gasteiger partial charge on any atom is 0.278 e. The van der Waals surface area contributed by atoms with E-state index in [0.29, 0.717) is 22.7 Å². The van der Waals surface area contributed by atoms with Gasteiger partial charge in [-0.25, -0.2) is 9.07 Å². The summed E-state index contributed by atoms with van der Waals surface area (Å²) >= 11 is 5.81. The first-order valence-electron chi connectivity index (χ1n) is 8.85. The van der Waals surface area contributed by atoms with Crippen molar-refractivity contribution in [3.63, 3.8) is 0 Å². The molecule has 2 aromatic carbocycles. The number of ether oxygens (including phenoxy) is 1. The maximum atomic E-state index is 14.3. The number of benzene rings is 2. The van der Waals surface area contributed by atoms with Gasteiger partial charge in [0.05, 0.1) is 17.8 Å². The van der Waals surface area contributed by atoms with Gasteiger partial charge in [-0.05, 0) is 36.4 Å². The molecule has 4 aromatic rings. The van der Waals surface area contributed by atoms with E-state index in [9.17, 15) is 9.18 Å². The molecule has 30 heavy (non-hydrogen) atoms. The van der Waals surface area contributed by atoms with E-state index in [0.717, 1.165) is 0 Å². The molecule has 150 valence electrons. The fraction of sp³-hybridized carbons (Fsp3) is 0.0476. The smallest absolute Gasteiger partial charge is 0.278 e. The highest BCUT2D eigenvalue weighted by molar-refractivity contribution is 6.31. The standard InChI is InChI=1S/C21H15ClFN5O2/c1-30-17-8-3-2-7-16(17)28-20(13-9-11-24-12-10-13)19(26-27-28)21(29)25-15-6-4-5-14(22)18(15)23/h2-12H,1H3,(H,25,29). The van der Waals surface area contributed by atoms with Crippen LogP contribution in [-0.4, -0.2) is 33.0 Å². The maximum absolute atomic E-state index is 14.3. The van der Waals surface area contributed by atoms with Crippen LogP contribution in [0.2, 0.25) is 5.02 Å². The van der Waals surface area contributed by atoms with Crippen LogP contribution in [-0.2, 0) is 0 Å². The van der Waals surface area contributed by atoms with Gasteiger partial charge < -0.3 is 10.1 Å². The van der Waals surface area contributed by atoms with E-state index < -0.39 is 11.7 Å². The van der Waals surface area contributed by atoms with Crippen molar-refractivity contribution in [1.29, 1.82) is 0 Å². The number of anilines is 1. The molecule has 0 aliphatic rings.